The molecular formula is C20H19F2N3O2S. The highest BCUT2D eigenvalue weighted by Gasteiger charge is 2.17. The molecule has 0 aliphatic rings. The molecule has 0 aliphatic carbocycles. The Balaban J connectivity index is 1.92. The molecule has 1 heterocycles. The Bertz CT molecular complexity index is 1040. The van der Waals surface area contributed by atoms with Crippen molar-refractivity contribution in [3.05, 3.63) is 64.6 Å². The van der Waals surface area contributed by atoms with Crippen LogP contribution in [0.5, 0.6) is 0 Å². The summed E-state index contributed by atoms with van der Waals surface area (Å²) in [6.07, 6.45) is 1.67. The van der Waals surface area contributed by atoms with Crippen LogP contribution in [0.4, 0.5) is 14.5 Å². The second-order valence-corrected chi connectivity index (χ2v) is 7.20. The summed E-state index contributed by atoms with van der Waals surface area (Å²) >= 11 is 0.439. The van der Waals surface area contributed by atoms with Crippen molar-refractivity contribution in [1.29, 1.82) is 0 Å². The van der Waals surface area contributed by atoms with E-state index in [4.69, 9.17) is 0 Å². The minimum absolute atomic E-state index is 0.150. The van der Waals surface area contributed by atoms with Crippen LogP contribution < -0.4 is 10.9 Å². The first-order chi connectivity index (χ1) is 13.5. The van der Waals surface area contributed by atoms with E-state index >= 15 is 0 Å². The predicted octanol–water partition coefficient (Wildman–Crippen LogP) is 4.76. The molecule has 0 atom stereocenters. The third-order valence-electron chi connectivity index (χ3n) is 4.14. The Labute approximate surface area is 164 Å². The van der Waals surface area contributed by atoms with E-state index in [1.807, 2.05) is 6.92 Å². The van der Waals surface area contributed by atoms with Gasteiger partial charge in [0.1, 0.15) is 0 Å². The van der Waals surface area contributed by atoms with Crippen LogP contribution >= 0.6 is 11.8 Å². The number of thioether (sulfide) groups is 1. The van der Waals surface area contributed by atoms with Gasteiger partial charge in [-0.25, -0.2) is 4.68 Å². The SMILES string of the molecule is CCCCn1nc(C(=O)Nc2ccc(SC(F)F)cc2)c2ccccc2c1=O. The van der Waals surface area contributed by atoms with Crippen LogP contribution in [-0.4, -0.2) is 21.4 Å². The Morgan fingerprint density at radius 1 is 1.14 bits per heavy atom. The fourth-order valence-electron chi connectivity index (χ4n) is 2.77. The van der Waals surface area contributed by atoms with Crippen molar-refractivity contribution >= 4 is 34.1 Å². The zero-order chi connectivity index (χ0) is 20.1. The number of hydrogen-bond donors (Lipinski definition) is 1. The van der Waals surface area contributed by atoms with Crippen molar-refractivity contribution in [1.82, 2.24) is 9.78 Å². The number of carbonyl (C=O) groups excluding carboxylic acids is 1. The largest absolute Gasteiger partial charge is 0.321 e. The van der Waals surface area contributed by atoms with Gasteiger partial charge in [-0.2, -0.15) is 13.9 Å². The van der Waals surface area contributed by atoms with Crippen molar-refractivity contribution in [3.8, 4) is 0 Å². The van der Waals surface area contributed by atoms with Gasteiger partial charge in [0.2, 0.25) is 0 Å². The quantitative estimate of drug-likeness (QED) is 0.578. The van der Waals surface area contributed by atoms with Crippen molar-refractivity contribution in [3.63, 3.8) is 0 Å². The van der Waals surface area contributed by atoms with E-state index in [2.05, 4.69) is 10.4 Å². The number of nitrogens with zero attached hydrogens (tertiary/aromatic N) is 2. The first-order valence-electron chi connectivity index (χ1n) is 8.85. The number of alkyl halides is 2. The maximum absolute atomic E-state index is 12.8. The first kappa shape index (κ1) is 20.0. The smallest absolute Gasteiger partial charge is 0.288 e. The maximum Gasteiger partial charge on any atom is 0.288 e. The number of unbranched alkanes of at least 4 members (excludes halogenated alkanes) is 1. The van der Waals surface area contributed by atoms with E-state index in [1.165, 1.54) is 16.8 Å². The van der Waals surface area contributed by atoms with Gasteiger partial charge in [-0.15, -0.1) is 0 Å². The zero-order valence-corrected chi connectivity index (χ0v) is 16.0. The van der Waals surface area contributed by atoms with E-state index in [9.17, 15) is 18.4 Å². The van der Waals surface area contributed by atoms with Gasteiger partial charge in [-0.1, -0.05) is 43.3 Å². The molecule has 0 fully saturated rings. The molecule has 0 bridgehead atoms. The summed E-state index contributed by atoms with van der Waals surface area (Å²) in [4.78, 5) is 25.8. The fourth-order valence-corrected chi connectivity index (χ4v) is 3.27. The Morgan fingerprint density at radius 2 is 1.82 bits per heavy atom. The molecule has 2 aromatic carbocycles. The standard InChI is InChI=1S/C20H19F2N3O2S/c1-2-3-12-25-19(27)16-7-5-4-6-15(16)17(24-25)18(26)23-13-8-10-14(11-9-13)28-20(21)22/h4-11,20H,2-3,12H2,1H3,(H,23,26). The number of halogens is 2. The van der Waals surface area contributed by atoms with E-state index in [0.717, 1.165) is 12.8 Å². The molecule has 1 amide bonds. The highest BCUT2D eigenvalue weighted by atomic mass is 32.2. The van der Waals surface area contributed by atoms with Gasteiger partial charge in [-0.05, 0) is 36.8 Å². The molecule has 0 spiro atoms. The van der Waals surface area contributed by atoms with Crippen LogP contribution in [0.25, 0.3) is 10.8 Å². The molecule has 0 radical (unpaired) electrons. The van der Waals surface area contributed by atoms with Gasteiger partial charge >= 0.3 is 0 Å². The minimum atomic E-state index is -2.50. The molecule has 1 N–H and O–H groups in total. The third-order valence-corrected chi connectivity index (χ3v) is 4.87. The van der Waals surface area contributed by atoms with Crippen molar-refractivity contribution in [2.75, 3.05) is 5.32 Å². The molecule has 3 aromatic rings. The van der Waals surface area contributed by atoms with Gasteiger partial charge in [0.15, 0.2) is 5.69 Å². The molecule has 3 rings (SSSR count). The summed E-state index contributed by atoms with van der Waals surface area (Å²) in [5, 5.41) is 7.91. The number of nitrogens with one attached hydrogen (secondary N) is 1. The lowest BCUT2D eigenvalue weighted by Crippen LogP contribution is -2.27. The zero-order valence-electron chi connectivity index (χ0n) is 15.2. The molecular weight excluding hydrogens is 384 g/mol. The summed E-state index contributed by atoms with van der Waals surface area (Å²) in [7, 11) is 0. The van der Waals surface area contributed by atoms with Crippen molar-refractivity contribution in [2.24, 2.45) is 0 Å². The molecule has 146 valence electrons. The maximum atomic E-state index is 12.8. The average molecular weight is 403 g/mol. The van der Waals surface area contributed by atoms with Crippen LogP contribution in [0.1, 0.15) is 30.3 Å². The number of aryl methyl sites for hydroxylation is 1. The first-order valence-corrected chi connectivity index (χ1v) is 9.73. The van der Waals surface area contributed by atoms with Crippen LogP contribution in [0, 0.1) is 0 Å². The second kappa shape index (κ2) is 8.97. The normalized spacial score (nSPS) is 11.1. The number of carbonyl (C=O) groups is 1. The number of anilines is 1. The lowest BCUT2D eigenvalue weighted by atomic mass is 10.1. The van der Waals surface area contributed by atoms with Crippen LogP contribution in [0.2, 0.25) is 0 Å². The Hall–Kier alpha value is -2.74. The van der Waals surface area contributed by atoms with Crippen LogP contribution in [0.3, 0.4) is 0 Å². The fraction of sp³-hybridized carbons (Fsp3) is 0.250. The van der Waals surface area contributed by atoms with E-state index < -0.39 is 11.7 Å². The summed E-state index contributed by atoms with van der Waals surface area (Å²) in [5.41, 5.74) is 0.382. The van der Waals surface area contributed by atoms with Gasteiger partial charge in [-0.3, -0.25) is 9.59 Å². The molecule has 0 saturated carbocycles. The Kier molecular flexibility index (Phi) is 6.41. The number of rotatable bonds is 7. The monoisotopic (exact) mass is 403 g/mol. The lowest BCUT2D eigenvalue weighted by molar-refractivity contribution is 0.102. The summed E-state index contributed by atoms with van der Waals surface area (Å²) in [5.74, 6) is -2.96. The molecule has 0 aliphatic heterocycles. The number of fused-ring (bicyclic) bond motifs is 1. The molecule has 28 heavy (non-hydrogen) atoms. The highest BCUT2D eigenvalue weighted by molar-refractivity contribution is 7.99. The molecule has 0 unspecified atom stereocenters. The van der Waals surface area contributed by atoms with Gasteiger partial charge < -0.3 is 5.32 Å². The number of benzene rings is 2. The predicted molar refractivity (Wildman–Crippen MR) is 107 cm³/mol. The average Bonchev–Trinajstić information content (AvgIpc) is 2.68. The van der Waals surface area contributed by atoms with Gasteiger partial charge in [0.05, 0.1) is 5.39 Å². The van der Waals surface area contributed by atoms with Gasteiger partial charge in [0.25, 0.3) is 17.2 Å². The van der Waals surface area contributed by atoms with E-state index in [0.29, 0.717) is 39.7 Å². The van der Waals surface area contributed by atoms with Crippen LogP contribution in [-0.2, 0) is 6.54 Å². The highest BCUT2D eigenvalue weighted by Crippen LogP contribution is 2.26. The molecule has 1 aromatic heterocycles. The summed E-state index contributed by atoms with van der Waals surface area (Å²) in [6, 6.07) is 13.0. The second-order valence-electron chi connectivity index (χ2n) is 6.13. The van der Waals surface area contributed by atoms with E-state index in [1.54, 1.807) is 36.4 Å². The topological polar surface area (TPSA) is 64.0 Å². The minimum Gasteiger partial charge on any atom is -0.321 e. The molecule has 0 saturated heterocycles. The summed E-state index contributed by atoms with van der Waals surface area (Å²) < 4.78 is 26.2. The summed E-state index contributed by atoms with van der Waals surface area (Å²) in [6.45, 7) is 2.44. The van der Waals surface area contributed by atoms with Crippen LogP contribution in [0.15, 0.2) is 58.2 Å². The lowest BCUT2D eigenvalue weighted by Gasteiger charge is -2.11. The number of hydrogen-bond acceptors (Lipinski definition) is 4. The van der Waals surface area contributed by atoms with Crippen molar-refractivity contribution in [2.45, 2.75) is 37.0 Å². The number of amides is 1. The van der Waals surface area contributed by atoms with E-state index in [-0.39, 0.29) is 11.3 Å². The number of aromatic nitrogens is 2. The van der Waals surface area contributed by atoms with Gasteiger partial charge in [0, 0.05) is 22.5 Å². The Morgan fingerprint density at radius 3 is 2.46 bits per heavy atom. The molecule has 8 heteroatoms. The molecule has 5 nitrogen and oxygen atoms in total. The third kappa shape index (κ3) is 4.56. The van der Waals surface area contributed by atoms with Crippen molar-refractivity contribution < 1.29 is 13.6 Å².